The number of amides is 1. The average Bonchev–Trinajstić information content (AvgIpc) is 2.32. The molecule has 0 aliphatic carbocycles. The Morgan fingerprint density at radius 3 is 2.79 bits per heavy atom. The molecule has 0 aliphatic heterocycles. The number of nitrogens with two attached hydrogens (primary N) is 1. The Hall–Kier alpha value is -2.14. The number of hydrogen-bond acceptors (Lipinski definition) is 3. The molecule has 4 nitrogen and oxygen atoms in total. The van der Waals surface area contributed by atoms with Gasteiger partial charge in [-0.1, -0.05) is 11.6 Å². The Kier molecular flexibility index (Phi) is 3.66. The largest absolute Gasteiger partial charge is 0.399 e. The van der Waals surface area contributed by atoms with Crippen molar-refractivity contribution in [2.75, 3.05) is 11.1 Å². The van der Waals surface area contributed by atoms with E-state index >= 15 is 0 Å². The van der Waals surface area contributed by atoms with Gasteiger partial charge in [0, 0.05) is 17.4 Å². The maximum atomic E-state index is 13.2. The fourth-order valence-electron chi connectivity index (χ4n) is 1.60. The topological polar surface area (TPSA) is 68.0 Å². The number of anilines is 2. The second-order valence-corrected chi connectivity index (χ2v) is 4.38. The first kappa shape index (κ1) is 13.3. The molecular weight excluding hydrogens is 269 g/mol. The fourth-order valence-corrected chi connectivity index (χ4v) is 1.86. The van der Waals surface area contributed by atoms with E-state index in [-0.39, 0.29) is 16.4 Å². The number of benzene rings is 1. The molecule has 3 N–H and O–H groups in total. The second kappa shape index (κ2) is 5.24. The zero-order valence-electron chi connectivity index (χ0n) is 10.1. The molecule has 0 unspecified atom stereocenters. The predicted molar refractivity (Wildman–Crippen MR) is 72.7 cm³/mol. The molecule has 2 rings (SSSR count). The van der Waals surface area contributed by atoms with Crippen LogP contribution in [0.5, 0.6) is 0 Å². The van der Waals surface area contributed by atoms with E-state index in [9.17, 15) is 9.18 Å². The summed E-state index contributed by atoms with van der Waals surface area (Å²) in [4.78, 5) is 15.9. The van der Waals surface area contributed by atoms with Crippen LogP contribution in [0.2, 0.25) is 5.15 Å². The minimum atomic E-state index is -0.570. The molecule has 0 fully saturated rings. The molecule has 98 valence electrons. The van der Waals surface area contributed by atoms with Gasteiger partial charge < -0.3 is 11.1 Å². The number of nitrogen functional groups attached to an aromatic ring is 1. The maximum Gasteiger partial charge on any atom is 0.255 e. The van der Waals surface area contributed by atoms with Gasteiger partial charge in [-0.3, -0.25) is 4.79 Å². The molecule has 1 heterocycles. The molecular formula is C13H11ClFN3O. The third kappa shape index (κ3) is 3.00. The third-order valence-electron chi connectivity index (χ3n) is 2.53. The average molecular weight is 280 g/mol. The van der Waals surface area contributed by atoms with Gasteiger partial charge in [0.25, 0.3) is 5.91 Å². The molecule has 0 atom stereocenters. The van der Waals surface area contributed by atoms with Crippen molar-refractivity contribution in [2.24, 2.45) is 0 Å². The Morgan fingerprint density at radius 2 is 2.16 bits per heavy atom. The number of aryl methyl sites for hydroxylation is 1. The van der Waals surface area contributed by atoms with Crippen LogP contribution in [0.25, 0.3) is 0 Å². The van der Waals surface area contributed by atoms with E-state index in [4.69, 9.17) is 17.3 Å². The SMILES string of the molecule is Cc1ccnc(Cl)c1NC(=O)c1cc(N)cc(F)c1. The van der Waals surface area contributed by atoms with Crippen molar-refractivity contribution in [3.63, 3.8) is 0 Å². The lowest BCUT2D eigenvalue weighted by atomic mass is 10.1. The molecule has 2 aromatic rings. The van der Waals surface area contributed by atoms with Crippen LogP contribution in [0, 0.1) is 12.7 Å². The highest BCUT2D eigenvalue weighted by Gasteiger charge is 2.12. The first-order valence-electron chi connectivity index (χ1n) is 5.46. The van der Waals surface area contributed by atoms with Crippen LogP contribution in [0.15, 0.2) is 30.5 Å². The number of aromatic nitrogens is 1. The summed E-state index contributed by atoms with van der Waals surface area (Å²) in [6, 6.07) is 5.34. The summed E-state index contributed by atoms with van der Waals surface area (Å²) in [5.74, 6) is -1.07. The highest BCUT2D eigenvalue weighted by molar-refractivity contribution is 6.32. The quantitative estimate of drug-likeness (QED) is 0.656. The number of carbonyl (C=O) groups excluding carboxylic acids is 1. The summed E-state index contributed by atoms with van der Waals surface area (Å²) in [5.41, 5.74) is 6.96. The molecule has 0 saturated heterocycles. The van der Waals surface area contributed by atoms with Crippen molar-refractivity contribution in [1.29, 1.82) is 0 Å². The Bertz CT molecular complexity index is 605. The molecule has 6 heteroatoms. The fraction of sp³-hybridized carbons (Fsp3) is 0.0769. The lowest BCUT2D eigenvalue weighted by Gasteiger charge is -2.09. The second-order valence-electron chi connectivity index (χ2n) is 4.02. The molecule has 0 bridgehead atoms. The highest BCUT2D eigenvalue weighted by atomic mass is 35.5. The van der Waals surface area contributed by atoms with E-state index in [1.807, 2.05) is 0 Å². The summed E-state index contributed by atoms with van der Waals surface area (Å²) in [5, 5.41) is 2.77. The van der Waals surface area contributed by atoms with E-state index in [0.29, 0.717) is 5.69 Å². The van der Waals surface area contributed by atoms with Gasteiger partial charge >= 0.3 is 0 Å². The normalized spacial score (nSPS) is 10.3. The van der Waals surface area contributed by atoms with Gasteiger partial charge in [-0.2, -0.15) is 0 Å². The highest BCUT2D eigenvalue weighted by Crippen LogP contribution is 2.23. The van der Waals surface area contributed by atoms with Crippen LogP contribution >= 0.6 is 11.6 Å². The Morgan fingerprint density at radius 1 is 1.42 bits per heavy atom. The van der Waals surface area contributed by atoms with Crippen molar-refractivity contribution >= 4 is 28.9 Å². The summed E-state index contributed by atoms with van der Waals surface area (Å²) in [7, 11) is 0. The van der Waals surface area contributed by atoms with Crippen LogP contribution in [-0.2, 0) is 0 Å². The van der Waals surface area contributed by atoms with Crippen LogP contribution in [0.1, 0.15) is 15.9 Å². The monoisotopic (exact) mass is 279 g/mol. The number of halogens is 2. The Labute approximate surface area is 114 Å². The number of carbonyl (C=O) groups is 1. The maximum absolute atomic E-state index is 13.2. The lowest BCUT2D eigenvalue weighted by Crippen LogP contribution is -2.14. The molecule has 0 aliphatic rings. The van der Waals surface area contributed by atoms with E-state index in [0.717, 1.165) is 17.7 Å². The smallest absolute Gasteiger partial charge is 0.255 e. The first-order valence-corrected chi connectivity index (χ1v) is 5.83. The van der Waals surface area contributed by atoms with E-state index < -0.39 is 11.7 Å². The third-order valence-corrected chi connectivity index (χ3v) is 2.82. The number of hydrogen-bond donors (Lipinski definition) is 2. The van der Waals surface area contributed by atoms with Gasteiger partial charge in [-0.15, -0.1) is 0 Å². The van der Waals surface area contributed by atoms with E-state index in [1.54, 1.807) is 13.0 Å². The molecule has 1 aromatic heterocycles. The van der Waals surface area contributed by atoms with Crippen LogP contribution in [0.4, 0.5) is 15.8 Å². The van der Waals surface area contributed by atoms with Crippen molar-refractivity contribution in [1.82, 2.24) is 4.98 Å². The summed E-state index contributed by atoms with van der Waals surface area (Å²) in [6.07, 6.45) is 1.54. The number of nitrogens with one attached hydrogen (secondary N) is 1. The first-order chi connectivity index (χ1) is 8.97. The minimum Gasteiger partial charge on any atom is -0.399 e. The van der Waals surface area contributed by atoms with Crippen LogP contribution in [-0.4, -0.2) is 10.9 Å². The van der Waals surface area contributed by atoms with Gasteiger partial charge in [0.05, 0.1) is 5.69 Å². The molecule has 0 spiro atoms. The standard InChI is InChI=1S/C13H11ClFN3O/c1-7-2-3-17-12(14)11(7)18-13(19)8-4-9(15)6-10(16)5-8/h2-6H,16H2,1H3,(H,18,19). The lowest BCUT2D eigenvalue weighted by molar-refractivity contribution is 0.102. The molecule has 0 radical (unpaired) electrons. The van der Waals surface area contributed by atoms with Gasteiger partial charge in [-0.25, -0.2) is 9.37 Å². The molecule has 19 heavy (non-hydrogen) atoms. The minimum absolute atomic E-state index is 0.122. The van der Waals surface area contributed by atoms with Crippen molar-refractivity contribution in [2.45, 2.75) is 6.92 Å². The van der Waals surface area contributed by atoms with E-state index in [2.05, 4.69) is 10.3 Å². The zero-order valence-corrected chi connectivity index (χ0v) is 10.8. The molecule has 1 aromatic carbocycles. The van der Waals surface area contributed by atoms with Crippen molar-refractivity contribution in [3.05, 3.63) is 52.6 Å². The molecule has 1 amide bonds. The Balaban J connectivity index is 2.31. The van der Waals surface area contributed by atoms with Crippen LogP contribution in [0.3, 0.4) is 0 Å². The molecule has 0 saturated carbocycles. The van der Waals surface area contributed by atoms with Gasteiger partial charge in [0.1, 0.15) is 5.82 Å². The number of nitrogens with zero attached hydrogens (tertiary/aromatic N) is 1. The summed E-state index contributed by atoms with van der Waals surface area (Å²) >= 11 is 5.90. The van der Waals surface area contributed by atoms with Crippen LogP contribution < -0.4 is 11.1 Å². The predicted octanol–water partition coefficient (Wildman–Crippen LogP) is 3.02. The summed E-state index contributed by atoms with van der Waals surface area (Å²) < 4.78 is 13.2. The number of rotatable bonds is 2. The van der Waals surface area contributed by atoms with Gasteiger partial charge in [0.2, 0.25) is 0 Å². The zero-order chi connectivity index (χ0) is 14.0. The van der Waals surface area contributed by atoms with Gasteiger partial charge in [0.15, 0.2) is 5.15 Å². The van der Waals surface area contributed by atoms with Crippen molar-refractivity contribution in [3.8, 4) is 0 Å². The van der Waals surface area contributed by atoms with Crippen molar-refractivity contribution < 1.29 is 9.18 Å². The van der Waals surface area contributed by atoms with E-state index in [1.165, 1.54) is 12.3 Å². The summed E-state index contributed by atoms with van der Waals surface area (Å²) in [6.45, 7) is 1.78. The number of pyridine rings is 1. The van der Waals surface area contributed by atoms with Gasteiger partial charge in [-0.05, 0) is 36.8 Å².